The van der Waals surface area contributed by atoms with E-state index in [1.165, 1.54) is 9.71 Å². The topological polar surface area (TPSA) is 88.3 Å². The van der Waals surface area contributed by atoms with E-state index in [9.17, 15) is 9.59 Å². The number of likely N-dealkylation sites (tertiary alicyclic amines) is 1. The second-order valence-electron chi connectivity index (χ2n) is 7.44. The number of anilines is 1. The first-order chi connectivity index (χ1) is 14.0. The van der Waals surface area contributed by atoms with Crippen LogP contribution in [-0.2, 0) is 4.79 Å². The first-order valence-electron chi connectivity index (χ1n) is 9.81. The van der Waals surface area contributed by atoms with Crippen LogP contribution in [0, 0.1) is 0 Å². The van der Waals surface area contributed by atoms with Crippen molar-refractivity contribution in [1.82, 2.24) is 9.88 Å². The summed E-state index contributed by atoms with van der Waals surface area (Å²) in [6.45, 7) is 3.68. The summed E-state index contributed by atoms with van der Waals surface area (Å²) in [5.41, 5.74) is 7.41. The predicted octanol–water partition coefficient (Wildman–Crippen LogP) is 3.60. The Labute approximate surface area is 173 Å². The number of para-hydroxylation sites is 1. The second kappa shape index (κ2) is 8.31. The maximum atomic E-state index is 12.6. The van der Waals surface area contributed by atoms with Crippen LogP contribution >= 0.6 is 11.3 Å². The van der Waals surface area contributed by atoms with Gasteiger partial charge in [-0.3, -0.25) is 14.5 Å². The van der Waals surface area contributed by atoms with Crippen LogP contribution in [0.25, 0.3) is 10.2 Å². The highest BCUT2D eigenvalue weighted by molar-refractivity contribution is 7.18. The molecule has 3 N–H and O–H groups in total. The lowest BCUT2D eigenvalue weighted by Crippen LogP contribution is -2.45. The van der Waals surface area contributed by atoms with Crippen LogP contribution in [0.3, 0.4) is 0 Å². The summed E-state index contributed by atoms with van der Waals surface area (Å²) in [4.78, 5) is 30.8. The lowest BCUT2D eigenvalue weighted by molar-refractivity contribution is -0.121. The summed E-state index contributed by atoms with van der Waals surface area (Å²) in [6.07, 6.45) is 2.01. The van der Waals surface area contributed by atoms with E-state index in [1.807, 2.05) is 13.0 Å². The Hall–Kier alpha value is -2.77. The number of primary amides is 1. The summed E-state index contributed by atoms with van der Waals surface area (Å²) in [5, 5.41) is 4.13. The van der Waals surface area contributed by atoms with E-state index in [0.29, 0.717) is 17.2 Å². The smallest absolute Gasteiger partial charge is 0.248 e. The molecule has 0 saturated carbocycles. The van der Waals surface area contributed by atoms with Gasteiger partial charge >= 0.3 is 0 Å². The zero-order chi connectivity index (χ0) is 20.4. The molecule has 0 bridgehead atoms. The molecule has 1 aromatic heterocycles. The van der Waals surface area contributed by atoms with E-state index in [4.69, 9.17) is 10.7 Å². The zero-order valence-electron chi connectivity index (χ0n) is 16.3. The average molecular weight is 409 g/mol. The van der Waals surface area contributed by atoms with Crippen molar-refractivity contribution in [3.05, 3.63) is 59.1 Å². The lowest BCUT2D eigenvalue weighted by Gasteiger charge is -2.34. The van der Waals surface area contributed by atoms with Gasteiger partial charge in [-0.05, 0) is 69.3 Å². The molecule has 6 nitrogen and oxygen atoms in total. The maximum absolute atomic E-state index is 12.6. The Morgan fingerprint density at radius 1 is 1.14 bits per heavy atom. The molecule has 2 amide bonds. The minimum absolute atomic E-state index is 0.0461. The van der Waals surface area contributed by atoms with Gasteiger partial charge in [0.15, 0.2) is 0 Å². The van der Waals surface area contributed by atoms with E-state index in [2.05, 4.69) is 28.4 Å². The molecule has 7 heteroatoms. The molecule has 1 fully saturated rings. The molecule has 0 spiro atoms. The van der Waals surface area contributed by atoms with Gasteiger partial charge in [0.25, 0.3) is 0 Å². The summed E-state index contributed by atoms with van der Waals surface area (Å²) in [6, 6.07) is 14.7. The molecule has 150 valence electrons. The largest absolute Gasteiger partial charge is 0.366 e. The van der Waals surface area contributed by atoms with Gasteiger partial charge in [0.2, 0.25) is 11.8 Å². The van der Waals surface area contributed by atoms with Gasteiger partial charge in [-0.1, -0.05) is 12.1 Å². The number of nitrogens with two attached hydrogens (primary N) is 1. The third kappa shape index (κ3) is 4.31. The number of thiazole rings is 1. The highest BCUT2D eigenvalue weighted by atomic mass is 32.1. The van der Waals surface area contributed by atoms with E-state index in [0.717, 1.165) is 31.4 Å². The first-order valence-corrected chi connectivity index (χ1v) is 10.6. The Morgan fingerprint density at radius 3 is 2.48 bits per heavy atom. The van der Waals surface area contributed by atoms with Crippen LogP contribution in [0.1, 0.15) is 41.0 Å². The molecule has 0 radical (unpaired) electrons. The predicted molar refractivity (Wildman–Crippen MR) is 116 cm³/mol. The van der Waals surface area contributed by atoms with Gasteiger partial charge in [0, 0.05) is 17.2 Å². The molecular weight excluding hydrogens is 384 g/mol. The number of rotatable bonds is 5. The van der Waals surface area contributed by atoms with Crippen LogP contribution in [0.5, 0.6) is 0 Å². The van der Waals surface area contributed by atoms with Crippen molar-refractivity contribution >= 4 is 39.1 Å². The third-order valence-corrected chi connectivity index (χ3v) is 6.75. The summed E-state index contributed by atoms with van der Waals surface area (Å²) >= 11 is 1.78. The van der Waals surface area contributed by atoms with Gasteiger partial charge in [-0.2, -0.15) is 0 Å². The number of nitrogens with zero attached hydrogens (tertiary/aromatic N) is 2. The number of piperidine rings is 1. The molecule has 1 aliphatic rings. The molecule has 2 heterocycles. The van der Waals surface area contributed by atoms with E-state index < -0.39 is 5.91 Å². The molecule has 3 aromatic rings. The van der Waals surface area contributed by atoms with Crippen LogP contribution in [0.4, 0.5) is 5.69 Å². The number of benzene rings is 2. The fraction of sp³-hybridized carbons (Fsp3) is 0.318. The number of fused-ring (bicyclic) bond motifs is 1. The first kappa shape index (κ1) is 19.5. The summed E-state index contributed by atoms with van der Waals surface area (Å²) in [7, 11) is 0. The SMILES string of the molecule is CC(C(=O)Nc1ccc(C(N)=O)cc1)N1CCC(c2nc3ccccc3s2)CC1. The molecule has 4 rings (SSSR count). The molecule has 1 aliphatic heterocycles. The van der Waals surface area contributed by atoms with Crippen molar-refractivity contribution in [2.75, 3.05) is 18.4 Å². The Balaban J connectivity index is 1.33. The van der Waals surface area contributed by atoms with Crippen LogP contribution < -0.4 is 11.1 Å². The van der Waals surface area contributed by atoms with E-state index in [-0.39, 0.29) is 11.9 Å². The van der Waals surface area contributed by atoms with Gasteiger partial charge in [0.1, 0.15) is 0 Å². The minimum Gasteiger partial charge on any atom is -0.366 e. The molecule has 0 aliphatic carbocycles. The van der Waals surface area contributed by atoms with Crippen molar-refractivity contribution in [2.24, 2.45) is 5.73 Å². The van der Waals surface area contributed by atoms with E-state index in [1.54, 1.807) is 35.6 Å². The van der Waals surface area contributed by atoms with Crippen molar-refractivity contribution in [2.45, 2.75) is 31.7 Å². The standard InChI is InChI=1S/C22H24N4O2S/c1-14(21(28)24-17-8-6-15(7-9-17)20(23)27)26-12-10-16(11-13-26)22-25-18-4-2-3-5-19(18)29-22/h2-9,14,16H,10-13H2,1H3,(H2,23,27)(H,24,28). The quantitative estimate of drug-likeness (QED) is 0.675. The van der Waals surface area contributed by atoms with Crippen molar-refractivity contribution in [3.8, 4) is 0 Å². The Kier molecular flexibility index (Phi) is 5.60. The summed E-state index contributed by atoms with van der Waals surface area (Å²) in [5.74, 6) is -0.0669. The molecule has 1 saturated heterocycles. The van der Waals surface area contributed by atoms with Gasteiger partial charge in [-0.15, -0.1) is 11.3 Å². The number of nitrogens with one attached hydrogen (secondary N) is 1. The Morgan fingerprint density at radius 2 is 1.83 bits per heavy atom. The van der Waals surface area contributed by atoms with Crippen molar-refractivity contribution in [3.63, 3.8) is 0 Å². The molecular formula is C22H24N4O2S. The van der Waals surface area contributed by atoms with Crippen LogP contribution in [-0.4, -0.2) is 40.8 Å². The molecule has 29 heavy (non-hydrogen) atoms. The fourth-order valence-electron chi connectivity index (χ4n) is 3.73. The number of carbonyl (C=O) groups is 2. The number of hydrogen-bond acceptors (Lipinski definition) is 5. The summed E-state index contributed by atoms with van der Waals surface area (Å²) < 4.78 is 1.24. The Bertz CT molecular complexity index is 990. The highest BCUT2D eigenvalue weighted by Crippen LogP contribution is 2.34. The minimum atomic E-state index is -0.479. The van der Waals surface area contributed by atoms with E-state index >= 15 is 0 Å². The maximum Gasteiger partial charge on any atom is 0.248 e. The molecule has 2 aromatic carbocycles. The van der Waals surface area contributed by atoms with Gasteiger partial charge < -0.3 is 11.1 Å². The molecule has 1 atom stereocenters. The van der Waals surface area contributed by atoms with Crippen LogP contribution in [0.15, 0.2) is 48.5 Å². The number of aromatic nitrogens is 1. The van der Waals surface area contributed by atoms with Crippen LogP contribution in [0.2, 0.25) is 0 Å². The zero-order valence-corrected chi connectivity index (χ0v) is 17.1. The molecule has 1 unspecified atom stereocenters. The highest BCUT2D eigenvalue weighted by Gasteiger charge is 2.28. The van der Waals surface area contributed by atoms with Crippen molar-refractivity contribution < 1.29 is 9.59 Å². The number of hydrogen-bond donors (Lipinski definition) is 2. The third-order valence-electron chi connectivity index (χ3n) is 5.55. The second-order valence-corrected chi connectivity index (χ2v) is 8.50. The monoisotopic (exact) mass is 408 g/mol. The van der Waals surface area contributed by atoms with Crippen molar-refractivity contribution in [1.29, 1.82) is 0 Å². The number of carbonyl (C=O) groups excluding carboxylic acids is 2. The number of amides is 2. The van der Waals surface area contributed by atoms with Gasteiger partial charge in [0.05, 0.1) is 21.3 Å². The fourth-order valence-corrected chi connectivity index (χ4v) is 4.87. The normalized spacial score (nSPS) is 16.6. The average Bonchev–Trinajstić information content (AvgIpc) is 3.18. The van der Waals surface area contributed by atoms with Gasteiger partial charge in [-0.25, -0.2) is 4.98 Å². The lowest BCUT2D eigenvalue weighted by atomic mass is 9.96.